The summed E-state index contributed by atoms with van der Waals surface area (Å²) in [4.78, 5) is 22.8. The SMILES string of the molecule is Nc1c(O)ccc(C(=O)c2ccccc2O)c1OC=O. The summed E-state index contributed by atoms with van der Waals surface area (Å²) in [5.41, 5.74) is 5.35. The van der Waals surface area contributed by atoms with E-state index in [0.717, 1.165) is 0 Å². The molecule has 0 aromatic heterocycles. The summed E-state index contributed by atoms with van der Waals surface area (Å²) in [5, 5.41) is 19.2. The Kier molecular flexibility index (Phi) is 3.56. The Hall–Kier alpha value is -3.02. The predicted octanol–water partition coefficient (Wildman–Crippen LogP) is 1.45. The number of nitrogen functional groups attached to an aromatic ring is 1. The Morgan fingerprint density at radius 1 is 1.05 bits per heavy atom. The molecule has 2 aromatic carbocycles. The number of benzene rings is 2. The number of phenolic OH excluding ortho intramolecular Hbond substituents is 2. The number of hydrogen-bond donors (Lipinski definition) is 3. The van der Waals surface area contributed by atoms with Crippen molar-refractivity contribution in [2.45, 2.75) is 0 Å². The molecule has 0 aliphatic rings. The van der Waals surface area contributed by atoms with Crippen molar-refractivity contribution in [3.8, 4) is 17.2 Å². The van der Waals surface area contributed by atoms with E-state index >= 15 is 0 Å². The number of carbonyl (C=O) groups is 2. The lowest BCUT2D eigenvalue weighted by Crippen LogP contribution is -2.07. The number of aromatic hydroxyl groups is 2. The first-order chi connectivity index (χ1) is 9.56. The normalized spacial score (nSPS) is 10.0. The van der Waals surface area contributed by atoms with Crippen molar-refractivity contribution in [3.05, 3.63) is 47.5 Å². The first-order valence-electron chi connectivity index (χ1n) is 5.60. The minimum atomic E-state index is -0.577. The zero-order valence-electron chi connectivity index (χ0n) is 10.2. The molecule has 4 N–H and O–H groups in total. The van der Waals surface area contributed by atoms with Crippen molar-refractivity contribution in [2.75, 3.05) is 5.73 Å². The second-order valence-corrected chi connectivity index (χ2v) is 3.94. The maximum Gasteiger partial charge on any atom is 0.298 e. The van der Waals surface area contributed by atoms with Gasteiger partial charge in [0.25, 0.3) is 6.47 Å². The lowest BCUT2D eigenvalue weighted by Gasteiger charge is -2.11. The van der Waals surface area contributed by atoms with E-state index in [-0.39, 0.29) is 40.5 Å². The molecule has 0 radical (unpaired) electrons. The molecule has 0 aliphatic heterocycles. The molecule has 0 atom stereocenters. The standard InChI is InChI=1S/C14H11NO5/c15-12-11(18)6-5-9(14(12)20-7-16)13(19)8-3-1-2-4-10(8)17/h1-7,17-18H,15H2. The number of rotatable bonds is 4. The van der Waals surface area contributed by atoms with Gasteiger partial charge in [-0.15, -0.1) is 0 Å². The van der Waals surface area contributed by atoms with Crippen molar-refractivity contribution in [3.63, 3.8) is 0 Å². The third kappa shape index (κ3) is 2.26. The van der Waals surface area contributed by atoms with Crippen LogP contribution in [0.5, 0.6) is 17.2 Å². The van der Waals surface area contributed by atoms with Crippen LogP contribution in [0.2, 0.25) is 0 Å². The number of phenols is 2. The van der Waals surface area contributed by atoms with Crippen LogP contribution in [0.1, 0.15) is 15.9 Å². The minimum Gasteiger partial charge on any atom is -0.507 e. The average Bonchev–Trinajstić information content (AvgIpc) is 2.44. The van der Waals surface area contributed by atoms with E-state index in [1.54, 1.807) is 12.1 Å². The Labute approximate surface area is 114 Å². The molecule has 0 unspecified atom stereocenters. The van der Waals surface area contributed by atoms with Crippen LogP contribution in [0, 0.1) is 0 Å². The molecule has 0 fully saturated rings. The molecular weight excluding hydrogens is 262 g/mol. The van der Waals surface area contributed by atoms with Crippen LogP contribution in [0.15, 0.2) is 36.4 Å². The van der Waals surface area contributed by atoms with Gasteiger partial charge in [-0.25, -0.2) is 0 Å². The fourth-order valence-corrected chi connectivity index (χ4v) is 1.75. The van der Waals surface area contributed by atoms with E-state index in [9.17, 15) is 19.8 Å². The maximum atomic E-state index is 12.3. The van der Waals surface area contributed by atoms with E-state index in [1.165, 1.54) is 24.3 Å². The number of hydrogen-bond acceptors (Lipinski definition) is 6. The first-order valence-corrected chi connectivity index (χ1v) is 5.60. The molecule has 6 nitrogen and oxygen atoms in total. The minimum absolute atomic E-state index is 0.0334. The van der Waals surface area contributed by atoms with E-state index in [0.29, 0.717) is 0 Å². The van der Waals surface area contributed by atoms with Gasteiger partial charge in [0.05, 0.1) is 11.1 Å². The number of carbonyl (C=O) groups excluding carboxylic acids is 2. The van der Waals surface area contributed by atoms with Crippen LogP contribution >= 0.6 is 0 Å². The topological polar surface area (TPSA) is 110 Å². The highest BCUT2D eigenvalue weighted by molar-refractivity contribution is 6.13. The highest BCUT2D eigenvalue weighted by atomic mass is 16.5. The molecule has 0 aliphatic carbocycles. The number of ketones is 1. The maximum absolute atomic E-state index is 12.3. The molecule has 0 spiro atoms. The van der Waals surface area contributed by atoms with Crippen molar-refractivity contribution >= 4 is 17.9 Å². The van der Waals surface area contributed by atoms with Gasteiger partial charge in [-0.3, -0.25) is 9.59 Å². The van der Waals surface area contributed by atoms with E-state index in [2.05, 4.69) is 4.74 Å². The Morgan fingerprint density at radius 2 is 1.75 bits per heavy atom. The summed E-state index contributed by atoms with van der Waals surface area (Å²) in [6.45, 7) is 0.104. The van der Waals surface area contributed by atoms with E-state index in [1.807, 2.05) is 0 Å². The van der Waals surface area contributed by atoms with Gasteiger partial charge in [-0.2, -0.15) is 0 Å². The number of para-hydroxylation sites is 1. The number of ether oxygens (including phenoxy) is 1. The summed E-state index contributed by atoms with van der Waals surface area (Å²) in [6.07, 6.45) is 0. The molecule has 6 heteroatoms. The van der Waals surface area contributed by atoms with Gasteiger partial charge in [0.15, 0.2) is 5.75 Å². The van der Waals surface area contributed by atoms with Crippen LogP contribution in [-0.2, 0) is 4.79 Å². The zero-order valence-corrected chi connectivity index (χ0v) is 10.2. The molecule has 0 heterocycles. The molecule has 0 saturated carbocycles. The Balaban J connectivity index is 2.58. The number of nitrogens with two attached hydrogens (primary N) is 1. The third-order valence-corrected chi connectivity index (χ3v) is 2.73. The summed E-state index contributed by atoms with van der Waals surface area (Å²) >= 11 is 0. The summed E-state index contributed by atoms with van der Waals surface area (Å²) in [6, 6.07) is 8.40. The zero-order chi connectivity index (χ0) is 14.7. The van der Waals surface area contributed by atoms with E-state index < -0.39 is 5.78 Å². The second kappa shape index (κ2) is 5.31. The van der Waals surface area contributed by atoms with Crippen molar-refractivity contribution in [1.82, 2.24) is 0 Å². The summed E-state index contributed by atoms with van der Waals surface area (Å²) < 4.78 is 4.66. The van der Waals surface area contributed by atoms with Crippen LogP contribution in [0.4, 0.5) is 5.69 Å². The summed E-state index contributed by atoms with van der Waals surface area (Å²) in [5.74, 6) is -1.34. The summed E-state index contributed by atoms with van der Waals surface area (Å²) in [7, 11) is 0. The van der Waals surface area contributed by atoms with Gasteiger partial charge in [0.2, 0.25) is 5.78 Å². The Morgan fingerprint density at radius 3 is 2.40 bits per heavy atom. The molecule has 20 heavy (non-hydrogen) atoms. The van der Waals surface area contributed by atoms with Crippen LogP contribution in [-0.4, -0.2) is 22.5 Å². The van der Waals surface area contributed by atoms with Gasteiger partial charge >= 0.3 is 0 Å². The van der Waals surface area contributed by atoms with Gasteiger partial charge < -0.3 is 20.7 Å². The van der Waals surface area contributed by atoms with Gasteiger partial charge in [-0.05, 0) is 24.3 Å². The number of anilines is 1. The third-order valence-electron chi connectivity index (χ3n) is 2.73. The highest BCUT2D eigenvalue weighted by Crippen LogP contribution is 2.36. The molecule has 0 saturated heterocycles. The molecule has 2 aromatic rings. The lowest BCUT2D eigenvalue weighted by molar-refractivity contribution is -0.120. The monoisotopic (exact) mass is 273 g/mol. The second-order valence-electron chi connectivity index (χ2n) is 3.94. The van der Waals surface area contributed by atoms with Gasteiger partial charge in [0.1, 0.15) is 17.2 Å². The van der Waals surface area contributed by atoms with Gasteiger partial charge in [0, 0.05) is 0 Å². The molecule has 102 valence electrons. The van der Waals surface area contributed by atoms with E-state index in [4.69, 9.17) is 5.73 Å². The molecule has 0 amide bonds. The van der Waals surface area contributed by atoms with Crippen molar-refractivity contribution in [1.29, 1.82) is 0 Å². The largest absolute Gasteiger partial charge is 0.507 e. The van der Waals surface area contributed by atoms with Crippen LogP contribution < -0.4 is 10.5 Å². The average molecular weight is 273 g/mol. The first kappa shape index (κ1) is 13.4. The van der Waals surface area contributed by atoms with Crippen molar-refractivity contribution < 1.29 is 24.5 Å². The predicted molar refractivity (Wildman–Crippen MR) is 70.8 cm³/mol. The highest BCUT2D eigenvalue weighted by Gasteiger charge is 2.21. The Bertz CT molecular complexity index is 681. The van der Waals surface area contributed by atoms with Crippen LogP contribution in [0.3, 0.4) is 0 Å². The fourth-order valence-electron chi connectivity index (χ4n) is 1.75. The lowest BCUT2D eigenvalue weighted by atomic mass is 10.0. The fraction of sp³-hybridized carbons (Fsp3) is 0. The van der Waals surface area contributed by atoms with Crippen molar-refractivity contribution in [2.24, 2.45) is 0 Å². The molecule has 0 bridgehead atoms. The van der Waals surface area contributed by atoms with Gasteiger partial charge in [-0.1, -0.05) is 12.1 Å². The smallest absolute Gasteiger partial charge is 0.298 e. The van der Waals surface area contributed by atoms with Crippen LogP contribution in [0.25, 0.3) is 0 Å². The molecular formula is C14H11NO5. The quantitative estimate of drug-likeness (QED) is 0.336. The molecule has 2 rings (SSSR count).